The molecule has 0 aromatic heterocycles. The summed E-state index contributed by atoms with van der Waals surface area (Å²) in [7, 11) is 0. The lowest BCUT2D eigenvalue weighted by Crippen LogP contribution is -2.57. The van der Waals surface area contributed by atoms with Crippen LogP contribution in [0.4, 0.5) is 16.2 Å². The number of hydrogen-bond acceptors (Lipinski definition) is 3. The number of nitrogens with zero attached hydrogens (tertiary/aromatic N) is 2. The molecule has 2 saturated heterocycles. The molecule has 2 aliphatic heterocycles. The second-order valence-corrected chi connectivity index (χ2v) is 8.63. The Bertz CT molecular complexity index is 936. The van der Waals surface area contributed by atoms with Crippen LogP contribution in [-0.4, -0.2) is 42.1 Å². The number of benzene rings is 2. The summed E-state index contributed by atoms with van der Waals surface area (Å²) in [5, 5.41) is 6.08. The largest absolute Gasteiger partial charge is 0.339 e. The molecule has 2 aliphatic rings. The van der Waals surface area contributed by atoms with E-state index in [1.807, 2.05) is 48.2 Å². The van der Waals surface area contributed by atoms with Crippen molar-refractivity contribution in [2.45, 2.75) is 51.5 Å². The molecule has 0 unspecified atom stereocenters. The van der Waals surface area contributed by atoms with Gasteiger partial charge in [-0.1, -0.05) is 43.7 Å². The van der Waals surface area contributed by atoms with Gasteiger partial charge in [-0.25, -0.2) is 4.79 Å². The first-order valence-electron chi connectivity index (χ1n) is 11.3. The zero-order valence-electron chi connectivity index (χ0n) is 18.5. The van der Waals surface area contributed by atoms with Gasteiger partial charge in [0.2, 0.25) is 5.91 Å². The number of urea groups is 1. The van der Waals surface area contributed by atoms with Crippen LogP contribution in [0.2, 0.25) is 0 Å². The first-order chi connectivity index (χ1) is 15.0. The van der Waals surface area contributed by atoms with E-state index in [1.165, 1.54) is 18.4 Å². The average molecular weight is 421 g/mol. The van der Waals surface area contributed by atoms with Crippen molar-refractivity contribution in [3.05, 3.63) is 59.7 Å². The maximum Gasteiger partial charge on any atom is 0.321 e. The van der Waals surface area contributed by atoms with E-state index in [4.69, 9.17) is 0 Å². The number of unbranched alkanes of at least 4 members (excludes halogenated alkanes) is 1. The van der Waals surface area contributed by atoms with E-state index < -0.39 is 5.54 Å². The highest BCUT2D eigenvalue weighted by atomic mass is 16.2. The smallest absolute Gasteiger partial charge is 0.321 e. The molecule has 6 nitrogen and oxygen atoms in total. The summed E-state index contributed by atoms with van der Waals surface area (Å²) >= 11 is 0. The molecule has 164 valence electrons. The van der Waals surface area contributed by atoms with Gasteiger partial charge in [0, 0.05) is 24.5 Å². The molecule has 1 spiro atoms. The van der Waals surface area contributed by atoms with Gasteiger partial charge in [-0.15, -0.1) is 0 Å². The fraction of sp³-hybridized carbons (Fsp3) is 0.440. The fourth-order valence-electron chi connectivity index (χ4n) is 4.71. The van der Waals surface area contributed by atoms with Gasteiger partial charge < -0.3 is 20.4 Å². The Hall–Kier alpha value is -3.02. The van der Waals surface area contributed by atoms with E-state index in [2.05, 4.69) is 34.6 Å². The van der Waals surface area contributed by atoms with Crippen molar-refractivity contribution in [2.24, 2.45) is 0 Å². The Morgan fingerprint density at radius 3 is 2.55 bits per heavy atom. The molecular formula is C25H32N4O2. The van der Waals surface area contributed by atoms with Crippen LogP contribution in [0.25, 0.3) is 0 Å². The number of hydrogen-bond donors (Lipinski definition) is 2. The lowest BCUT2D eigenvalue weighted by Gasteiger charge is -2.43. The van der Waals surface area contributed by atoms with Gasteiger partial charge in [0.25, 0.3) is 0 Å². The zero-order valence-corrected chi connectivity index (χ0v) is 18.5. The van der Waals surface area contributed by atoms with E-state index in [0.29, 0.717) is 32.6 Å². The van der Waals surface area contributed by atoms with Crippen molar-refractivity contribution < 1.29 is 9.59 Å². The quantitative estimate of drug-likeness (QED) is 0.758. The number of rotatable bonds is 5. The summed E-state index contributed by atoms with van der Waals surface area (Å²) < 4.78 is 0. The van der Waals surface area contributed by atoms with Gasteiger partial charge in [0.05, 0.1) is 6.67 Å². The maximum absolute atomic E-state index is 12.9. The third kappa shape index (κ3) is 4.24. The maximum atomic E-state index is 12.9. The van der Waals surface area contributed by atoms with E-state index in [9.17, 15) is 9.59 Å². The highest BCUT2D eigenvalue weighted by molar-refractivity contribution is 5.94. The standard InChI is InChI=1S/C25H32N4O2/c1-3-4-8-20-11-12-22(19(2)17-20)27-24(31)28-15-13-25(14-16-28)23(30)26-18-29(25)21-9-6-5-7-10-21/h5-7,9-12,17H,3-4,8,13-16,18H2,1-2H3,(H,26,30)(H,27,31). The van der Waals surface area contributed by atoms with Crippen molar-refractivity contribution in [1.29, 1.82) is 0 Å². The van der Waals surface area contributed by atoms with E-state index >= 15 is 0 Å². The molecule has 6 heteroatoms. The molecule has 3 amide bonds. The first kappa shape index (κ1) is 21.2. The number of carbonyl (C=O) groups is 2. The molecule has 2 heterocycles. The van der Waals surface area contributed by atoms with Crippen LogP contribution in [0.5, 0.6) is 0 Å². The molecule has 0 saturated carbocycles. The van der Waals surface area contributed by atoms with Crippen molar-refractivity contribution in [1.82, 2.24) is 10.2 Å². The van der Waals surface area contributed by atoms with Crippen LogP contribution in [0.15, 0.2) is 48.5 Å². The number of para-hydroxylation sites is 1. The number of likely N-dealkylation sites (tertiary alicyclic amines) is 1. The third-order valence-corrected chi connectivity index (χ3v) is 6.63. The van der Waals surface area contributed by atoms with Gasteiger partial charge in [0.15, 0.2) is 0 Å². The molecule has 2 N–H and O–H groups in total. The Kier molecular flexibility index (Phi) is 6.16. The molecule has 2 aromatic rings. The number of aryl methyl sites for hydroxylation is 2. The van der Waals surface area contributed by atoms with Gasteiger partial charge in [0.1, 0.15) is 5.54 Å². The van der Waals surface area contributed by atoms with Crippen molar-refractivity contribution in [3.63, 3.8) is 0 Å². The number of carbonyl (C=O) groups excluding carboxylic acids is 2. The molecule has 0 aliphatic carbocycles. The van der Waals surface area contributed by atoms with Crippen LogP contribution in [0, 0.1) is 6.92 Å². The molecule has 0 bridgehead atoms. The first-order valence-corrected chi connectivity index (χ1v) is 11.3. The molecule has 0 atom stereocenters. The highest BCUT2D eigenvalue weighted by Gasteiger charge is 2.50. The number of anilines is 2. The van der Waals surface area contributed by atoms with Gasteiger partial charge >= 0.3 is 6.03 Å². The lowest BCUT2D eigenvalue weighted by molar-refractivity contribution is -0.124. The number of nitrogens with one attached hydrogen (secondary N) is 2. The Morgan fingerprint density at radius 1 is 1.13 bits per heavy atom. The Labute approximate surface area is 184 Å². The lowest BCUT2D eigenvalue weighted by atomic mass is 9.85. The molecule has 0 radical (unpaired) electrons. The van der Waals surface area contributed by atoms with Crippen LogP contribution < -0.4 is 15.5 Å². The minimum atomic E-state index is -0.574. The summed E-state index contributed by atoms with van der Waals surface area (Å²) in [4.78, 5) is 29.7. The minimum absolute atomic E-state index is 0.0647. The molecule has 31 heavy (non-hydrogen) atoms. The second-order valence-electron chi connectivity index (χ2n) is 8.63. The molecule has 2 aromatic carbocycles. The van der Waals surface area contributed by atoms with Gasteiger partial charge in [-0.3, -0.25) is 4.79 Å². The predicted molar refractivity (Wildman–Crippen MR) is 124 cm³/mol. The molecular weight excluding hydrogens is 388 g/mol. The van der Waals surface area contributed by atoms with E-state index in [0.717, 1.165) is 23.4 Å². The van der Waals surface area contributed by atoms with Gasteiger partial charge in [-0.05, 0) is 61.9 Å². The highest BCUT2D eigenvalue weighted by Crippen LogP contribution is 2.36. The fourth-order valence-corrected chi connectivity index (χ4v) is 4.71. The van der Waals surface area contributed by atoms with Crippen LogP contribution >= 0.6 is 0 Å². The summed E-state index contributed by atoms with van der Waals surface area (Å²) in [5.41, 5.74) is 3.72. The number of piperidine rings is 1. The van der Waals surface area contributed by atoms with E-state index in [1.54, 1.807) is 0 Å². The third-order valence-electron chi connectivity index (χ3n) is 6.63. The van der Waals surface area contributed by atoms with Crippen molar-refractivity contribution >= 4 is 23.3 Å². The summed E-state index contributed by atoms with van der Waals surface area (Å²) in [6.45, 7) is 5.85. The minimum Gasteiger partial charge on any atom is -0.339 e. The summed E-state index contributed by atoms with van der Waals surface area (Å²) in [6.07, 6.45) is 4.66. The zero-order chi connectivity index (χ0) is 21.8. The van der Waals surface area contributed by atoms with Crippen LogP contribution in [-0.2, 0) is 11.2 Å². The van der Waals surface area contributed by atoms with Crippen molar-refractivity contribution in [3.8, 4) is 0 Å². The summed E-state index contributed by atoms with van der Waals surface area (Å²) in [6, 6.07) is 16.2. The monoisotopic (exact) mass is 420 g/mol. The average Bonchev–Trinajstić information content (AvgIpc) is 3.10. The van der Waals surface area contributed by atoms with Crippen LogP contribution in [0.3, 0.4) is 0 Å². The summed E-state index contributed by atoms with van der Waals surface area (Å²) in [5.74, 6) is 0.0647. The van der Waals surface area contributed by atoms with Crippen molar-refractivity contribution in [2.75, 3.05) is 30.0 Å². The Balaban J connectivity index is 1.40. The van der Waals surface area contributed by atoms with Gasteiger partial charge in [-0.2, -0.15) is 0 Å². The number of amides is 3. The predicted octanol–water partition coefficient (Wildman–Crippen LogP) is 4.30. The van der Waals surface area contributed by atoms with E-state index in [-0.39, 0.29) is 11.9 Å². The normalized spacial score (nSPS) is 17.7. The van der Waals surface area contributed by atoms with Crippen LogP contribution in [0.1, 0.15) is 43.7 Å². The molecule has 2 fully saturated rings. The SMILES string of the molecule is CCCCc1ccc(NC(=O)N2CCC3(CC2)C(=O)NCN3c2ccccc2)c(C)c1. The molecule has 4 rings (SSSR count). The topological polar surface area (TPSA) is 64.7 Å². The Morgan fingerprint density at radius 2 is 1.87 bits per heavy atom. The second kappa shape index (κ2) is 9.00.